The largest absolute Gasteiger partial charge is 0.462 e. The second-order valence-electron chi connectivity index (χ2n) is 2.27. The number of nitrogens with one attached hydrogen (secondary N) is 1. The Morgan fingerprint density at radius 3 is 3.00 bits per heavy atom. The van der Waals surface area contributed by atoms with Crippen molar-refractivity contribution in [3.8, 4) is 0 Å². The monoisotopic (exact) mass is 202 g/mol. The minimum absolute atomic E-state index is 0.0348. The normalized spacial score (nSPS) is 21.2. The van der Waals surface area contributed by atoms with E-state index in [-0.39, 0.29) is 12.2 Å². The number of esters is 1. The lowest BCUT2D eigenvalue weighted by Gasteiger charge is -2.09. The van der Waals surface area contributed by atoms with Crippen LogP contribution in [0.1, 0.15) is 6.92 Å². The van der Waals surface area contributed by atoms with Crippen LogP contribution in [0.15, 0.2) is 16.1 Å². The molecule has 0 saturated carbocycles. The zero-order chi connectivity index (χ0) is 9.84. The van der Waals surface area contributed by atoms with Crippen LogP contribution in [-0.2, 0) is 25.2 Å². The molecule has 0 aromatic heterocycles. The van der Waals surface area contributed by atoms with E-state index in [0.717, 1.165) is 0 Å². The fourth-order valence-corrected chi connectivity index (χ4v) is 1.45. The summed E-state index contributed by atoms with van der Waals surface area (Å²) in [6, 6.07) is 0. The quantitative estimate of drug-likeness (QED) is 0.502. The molecule has 1 aliphatic rings. The van der Waals surface area contributed by atoms with Crippen LogP contribution in [0.3, 0.4) is 0 Å². The van der Waals surface area contributed by atoms with Gasteiger partial charge in [0, 0.05) is 12.5 Å². The lowest BCUT2D eigenvalue weighted by molar-refractivity contribution is -0.139. The number of rotatable bonds is 2. The zero-order valence-corrected chi connectivity index (χ0v) is 8.18. The van der Waals surface area contributed by atoms with Crippen molar-refractivity contribution in [2.24, 2.45) is 4.36 Å². The summed E-state index contributed by atoms with van der Waals surface area (Å²) >= 11 is 0. The van der Waals surface area contributed by atoms with E-state index >= 15 is 0 Å². The molecule has 72 valence electrons. The van der Waals surface area contributed by atoms with Gasteiger partial charge in [-0.25, -0.2) is 4.79 Å². The van der Waals surface area contributed by atoms with Gasteiger partial charge in [-0.15, -0.1) is 0 Å². The third-order valence-electron chi connectivity index (χ3n) is 1.32. The highest BCUT2D eigenvalue weighted by molar-refractivity contribution is 7.85. The second-order valence-corrected chi connectivity index (χ2v) is 3.65. The maximum absolute atomic E-state index is 11.2. The molecule has 0 bridgehead atoms. The molecule has 0 aromatic carbocycles. The van der Waals surface area contributed by atoms with E-state index < -0.39 is 22.8 Å². The van der Waals surface area contributed by atoms with E-state index in [0.29, 0.717) is 0 Å². The fraction of sp³-hybridized carbons (Fsp3) is 0.429. The van der Waals surface area contributed by atoms with E-state index in [1.165, 1.54) is 6.20 Å². The predicted molar refractivity (Wildman–Crippen MR) is 48.6 cm³/mol. The maximum Gasteiger partial charge on any atom is 0.345 e. The van der Waals surface area contributed by atoms with Gasteiger partial charge in [0.1, 0.15) is 5.57 Å². The number of amides is 1. The first-order valence-corrected chi connectivity index (χ1v) is 5.29. The van der Waals surface area contributed by atoms with Gasteiger partial charge in [-0.2, -0.15) is 4.36 Å². The van der Waals surface area contributed by atoms with Gasteiger partial charge in [0.2, 0.25) is 0 Å². The highest BCUT2D eigenvalue weighted by Gasteiger charge is 2.21. The Morgan fingerprint density at radius 1 is 1.77 bits per heavy atom. The number of carbonyl (C=O) groups is 2. The molecule has 0 aliphatic carbocycles. The highest BCUT2D eigenvalue weighted by atomic mass is 32.2. The van der Waals surface area contributed by atoms with Crippen molar-refractivity contribution in [1.29, 1.82) is 0 Å². The molecular weight excluding hydrogens is 192 g/mol. The third kappa shape index (κ3) is 2.38. The Labute approximate surface area is 78.4 Å². The van der Waals surface area contributed by atoms with Crippen LogP contribution in [-0.4, -0.2) is 24.7 Å². The summed E-state index contributed by atoms with van der Waals surface area (Å²) in [5.74, 6) is -1.14. The van der Waals surface area contributed by atoms with Gasteiger partial charge < -0.3 is 9.46 Å². The third-order valence-corrected chi connectivity index (χ3v) is 2.22. The lowest BCUT2D eigenvalue weighted by atomic mass is 10.3. The smallest absolute Gasteiger partial charge is 0.345 e. The summed E-state index contributed by atoms with van der Waals surface area (Å²) in [5.41, 5.74) is -0.0348. The molecule has 1 amide bonds. The molecule has 13 heavy (non-hydrogen) atoms. The molecule has 0 spiro atoms. The molecule has 1 heterocycles. The molecule has 1 rings (SSSR count). The molecule has 1 unspecified atom stereocenters. The molecule has 1 N–H and O–H groups in total. The fourth-order valence-electron chi connectivity index (χ4n) is 0.761. The van der Waals surface area contributed by atoms with Crippen LogP contribution in [0, 0.1) is 0 Å². The van der Waals surface area contributed by atoms with Gasteiger partial charge in [-0.1, -0.05) is 0 Å². The molecule has 6 heteroatoms. The first kappa shape index (κ1) is 9.91. The van der Waals surface area contributed by atoms with Crippen LogP contribution >= 0.6 is 0 Å². The number of hydrogen-bond donors (Lipinski definition) is 1. The number of ether oxygens (including phenoxy) is 1. The van der Waals surface area contributed by atoms with E-state index in [1.54, 1.807) is 13.2 Å². The average Bonchev–Trinajstić information content (AvgIpc) is 2.04. The zero-order valence-electron chi connectivity index (χ0n) is 7.36. The van der Waals surface area contributed by atoms with Crippen molar-refractivity contribution >= 4 is 22.8 Å². The van der Waals surface area contributed by atoms with Gasteiger partial charge in [0.25, 0.3) is 5.91 Å². The summed E-state index contributed by atoms with van der Waals surface area (Å²) in [5, 5.41) is 0. The molecule has 0 fully saturated rings. The topological polar surface area (TPSA) is 67.8 Å². The standard InChI is InChI=1S/C7H10N2O3S/c1-3-12-7(11)5-4-8-13(2)9-6(5)10/h4H,3H2,1-2H3,(H,8,9,10). The van der Waals surface area contributed by atoms with Crippen LogP contribution in [0.5, 0.6) is 0 Å². The first-order chi connectivity index (χ1) is 6.15. The summed E-state index contributed by atoms with van der Waals surface area (Å²) in [7, 11) is -0.520. The van der Waals surface area contributed by atoms with Crippen molar-refractivity contribution in [3.05, 3.63) is 11.8 Å². The molecule has 1 aliphatic heterocycles. The van der Waals surface area contributed by atoms with Gasteiger partial charge in [0.15, 0.2) is 0 Å². The molecule has 1 atom stereocenters. The van der Waals surface area contributed by atoms with Gasteiger partial charge in [-0.05, 0) is 17.8 Å². The van der Waals surface area contributed by atoms with Crippen molar-refractivity contribution < 1.29 is 14.3 Å². The van der Waals surface area contributed by atoms with Crippen LogP contribution in [0.4, 0.5) is 0 Å². The van der Waals surface area contributed by atoms with Crippen molar-refractivity contribution in [1.82, 2.24) is 4.72 Å². The SMILES string of the molecule is CCOC(=O)C1=CNS(C)=NC1=O. The van der Waals surface area contributed by atoms with Crippen LogP contribution in [0.25, 0.3) is 0 Å². The molecule has 0 radical (unpaired) electrons. The van der Waals surface area contributed by atoms with Gasteiger partial charge in [0.05, 0.1) is 6.61 Å². The lowest BCUT2D eigenvalue weighted by Crippen LogP contribution is -2.24. The van der Waals surface area contributed by atoms with E-state index in [1.807, 2.05) is 0 Å². The minimum Gasteiger partial charge on any atom is -0.462 e. The average molecular weight is 202 g/mol. The minimum atomic E-state index is -0.625. The van der Waals surface area contributed by atoms with Crippen molar-refractivity contribution in [2.45, 2.75) is 6.92 Å². The first-order valence-electron chi connectivity index (χ1n) is 3.70. The van der Waals surface area contributed by atoms with Gasteiger partial charge >= 0.3 is 5.97 Å². The summed E-state index contributed by atoms with van der Waals surface area (Å²) in [6.45, 7) is 1.93. The van der Waals surface area contributed by atoms with Crippen molar-refractivity contribution in [3.63, 3.8) is 0 Å². The van der Waals surface area contributed by atoms with Crippen LogP contribution < -0.4 is 4.72 Å². The van der Waals surface area contributed by atoms with E-state index in [2.05, 4.69) is 13.8 Å². The van der Waals surface area contributed by atoms with Gasteiger partial charge in [-0.3, -0.25) is 4.79 Å². The van der Waals surface area contributed by atoms with E-state index in [4.69, 9.17) is 0 Å². The summed E-state index contributed by atoms with van der Waals surface area (Å²) in [4.78, 5) is 22.3. The predicted octanol–water partition coefficient (Wildman–Crippen LogP) is -0.0901. The highest BCUT2D eigenvalue weighted by Crippen LogP contribution is 2.05. The Bertz CT molecular complexity index is 309. The summed E-state index contributed by atoms with van der Waals surface area (Å²) in [6.07, 6.45) is 3.10. The Balaban J connectivity index is 2.73. The Hall–Kier alpha value is -1.17. The van der Waals surface area contributed by atoms with Crippen molar-refractivity contribution in [2.75, 3.05) is 12.9 Å². The maximum atomic E-state index is 11.2. The number of hydrogen-bond acceptors (Lipinski definition) is 4. The number of nitrogens with zero attached hydrogens (tertiary/aromatic N) is 1. The summed E-state index contributed by atoms with van der Waals surface area (Å²) < 4.78 is 11.1. The Morgan fingerprint density at radius 2 is 2.46 bits per heavy atom. The second kappa shape index (κ2) is 4.18. The van der Waals surface area contributed by atoms with Crippen LogP contribution in [0.2, 0.25) is 0 Å². The molecule has 0 saturated heterocycles. The molecular formula is C7H10N2O3S. The molecule has 0 aromatic rings. The Kier molecular flexibility index (Phi) is 3.18. The van der Waals surface area contributed by atoms with E-state index in [9.17, 15) is 9.59 Å². The number of carbonyl (C=O) groups excluding carboxylic acids is 2. The molecule has 5 nitrogen and oxygen atoms in total.